The van der Waals surface area contributed by atoms with Gasteiger partial charge < -0.3 is 24.2 Å². The molecule has 1 aromatic heterocycles. The molecule has 1 aliphatic rings. The van der Waals surface area contributed by atoms with E-state index in [4.69, 9.17) is 18.7 Å². The molecule has 0 bridgehead atoms. The van der Waals surface area contributed by atoms with E-state index in [0.717, 1.165) is 17.3 Å². The van der Waals surface area contributed by atoms with Gasteiger partial charge >= 0.3 is 5.88 Å². The summed E-state index contributed by atoms with van der Waals surface area (Å²) in [5.74, 6) is 0.963. The lowest BCUT2D eigenvalue weighted by Gasteiger charge is -2.30. The van der Waals surface area contributed by atoms with Gasteiger partial charge in [0.15, 0.2) is 16.6 Å². The quantitative estimate of drug-likeness (QED) is 0.260. The average Bonchev–Trinajstić information content (AvgIpc) is 3.30. The van der Waals surface area contributed by atoms with Crippen LogP contribution in [0.4, 0.5) is 5.88 Å². The van der Waals surface area contributed by atoms with Crippen molar-refractivity contribution in [1.82, 2.24) is 10.2 Å². The number of thioether (sulfide) groups is 1. The molecule has 1 aromatic carbocycles. The lowest BCUT2D eigenvalue weighted by Crippen LogP contribution is -2.66. The molecule has 184 valence electrons. The zero-order chi connectivity index (χ0) is 24.7. The number of ether oxygens (including phenoxy) is 3. The number of methoxy groups -OCH3 is 3. The molecule has 2 aromatic rings. The van der Waals surface area contributed by atoms with Gasteiger partial charge in [0.1, 0.15) is 0 Å². The lowest BCUT2D eigenvalue weighted by molar-refractivity contribution is -0.759. The molecule has 0 spiro atoms. The maximum Gasteiger partial charge on any atom is 0.324 e. The molecule has 12 nitrogen and oxygen atoms in total. The van der Waals surface area contributed by atoms with E-state index in [1.807, 2.05) is 5.01 Å². The summed E-state index contributed by atoms with van der Waals surface area (Å²) in [5, 5.41) is 17.4. The van der Waals surface area contributed by atoms with Crippen LogP contribution in [0.2, 0.25) is 0 Å². The number of hydrogen-bond acceptors (Lipinski definition) is 11. The minimum Gasteiger partial charge on any atom is -0.861 e. The predicted octanol–water partition coefficient (Wildman–Crippen LogP) is -0.319. The van der Waals surface area contributed by atoms with Gasteiger partial charge in [-0.05, 0) is 23.6 Å². The molecule has 3 rings (SSSR count). The summed E-state index contributed by atoms with van der Waals surface area (Å²) in [6.45, 7) is 3.40. The molecule has 0 atom stereocenters. The van der Waals surface area contributed by atoms with Crippen molar-refractivity contribution in [3.05, 3.63) is 23.9 Å². The Hall–Kier alpha value is -3.48. The number of hydrogen-bond donors (Lipinski definition) is 0. The van der Waals surface area contributed by atoms with Gasteiger partial charge in [-0.1, -0.05) is 11.8 Å². The van der Waals surface area contributed by atoms with Crippen LogP contribution in [0.1, 0.15) is 12.5 Å². The van der Waals surface area contributed by atoms with Crippen molar-refractivity contribution >= 4 is 34.6 Å². The van der Waals surface area contributed by atoms with Crippen LogP contribution in [0.15, 0.2) is 27.8 Å². The lowest BCUT2D eigenvalue weighted by atomic mass is 10.1. The fourth-order valence-corrected chi connectivity index (χ4v) is 3.80. The third-order valence-corrected chi connectivity index (χ3v) is 5.85. The summed E-state index contributed by atoms with van der Waals surface area (Å²) in [6, 6.07) is 3.53. The largest absolute Gasteiger partial charge is 0.861 e. The van der Waals surface area contributed by atoms with Gasteiger partial charge in [-0.3, -0.25) is 14.1 Å². The maximum atomic E-state index is 12.9. The van der Waals surface area contributed by atoms with E-state index in [2.05, 4.69) is 10.3 Å². The number of aliphatic imine (C=N–C) groups is 1. The van der Waals surface area contributed by atoms with E-state index in [9.17, 15) is 14.7 Å². The zero-order valence-electron chi connectivity index (χ0n) is 19.5. The predicted molar refractivity (Wildman–Crippen MR) is 121 cm³/mol. The van der Waals surface area contributed by atoms with Crippen molar-refractivity contribution in [1.29, 1.82) is 0 Å². The van der Waals surface area contributed by atoms with Crippen LogP contribution < -0.4 is 29.1 Å². The SMILES string of the molecule is COc1cc(CC(=O)N2CCN([n+]3cc(N=C([O-])CSC(C)=O)on3)CC2)cc(OC)c1OC. The molecule has 0 N–H and O–H groups in total. The second kappa shape index (κ2) is 11.6. The number of carbonyl (C=O) groups excluding carboxylic acids is 2. The van der Waals surface area contributed by atoms with Gasteiger partial charge in [0.25, 0.3) is 6.20 Å². The van der Waals surface area contributed by atoms with Crippen LogP contribution in [-0.2, 0) is 16.0 Å². The molecular formula is C21H27N5O7S. The summed E-state index contributed by atoms with van der Waals surface area (Å²) >= 11 is 0.884. The Morgan fingerprint density at radius 1 is 1.15 bits per heavy atom. The number of nitrogens with zero attached hydrogens (tertiary/aromatic N) is 5. The van der Waals surface area contributed by atoms with Crippen molar-refractivity contribution in [3.8, 4) is 17.2 Å². The molecule has 1 aliphatic heterocycles. The van der Waals surface area contributed by atoms with Crippen molar-refractivity contribution in [2.24, 2.45) is 4.99 Å². The van der Waals surface area contributed by atoms with E-state index in [-0.39, 0.29) is 29.1 Å². The highest BCUT2D eigenvalue weighted by molar-refractivity contribution is 8.14. The van der Waals surface area contributed by atoms with Gasteiger partial charge in [0.05, 0.1) is 45.6 Å². The Balaban J connectivity index is 1.57. The standard InChI is InChI=1S/C21H27N5O7S/c1-14(27)34-13-18(28)22-19-12-26(23-33-19)25-7-5-24(6-8-25)20(29)11-15-9-16(30-2)21(32-4)17(10-15)31-3/h9-10,12H,5-8,11,13H2,1-4H3. The van der Waals surface area contributed by atoms with Crippen molar-refractivity contribution in [3.63, 3.8) is 0 Å². The summed E-state index contributed by atoms with van der Waals surface area (Å²) in [7, 11) is 4.59. The second-order valence-corrected chi connectivity index (χ2v) is 8.44. The molecule has 13 heteroatoms. The van der Waals surface area contributed by atoms with E-state index in [1.54, 1.807) is 17.0 Å². The number of aromatic nitrogens is 2. The normalized spacial score (nSPS) is 14.2. The molecule has 1 saturated heterocycles. The van der Waals surface area contributed by atoms with Crippen LogP contribution in [0, 0.1) is 0 Å². The van der Waals surface area contributed by atoms with Crippen molar-refractivity contribution < 1.29 is 38.2 Å². The smallest absolute Gasteiger partial charge is 0.324 e. The first-order valence-corrected chi connectivity index (χ1v) is 11.4. The number of piperazine rings is 1. The third kappa shape index (κ3) is 6.31. The molecule has 1 amide bonds. The summed E-state index contributed by atoms with van der Waals surface area (Å²) in [4.78, 5) is 30.9. The van der Waals surface area contributed by atoms with E-state index in [0.29, 0.717) is 43.4 Å². The topological polar surface area (TPSA) is 134 Å². The minimum atomic E-state index is -0.481. The van der Waals surface area contributed by atoms with E-state index < -0.39 is 5.90 Å². The first-order valence-electron chi connectivity index (χ1n) is 10.4. The number of carbonyl (C=O) groups is 2. The number of amides is 1. The summed E-state index contributed by atoms with van der Waals surface area (Å²) in [6.07, 6.45) is 1.68. The van der Waals surface area contributed by atoms with E-state index in [1.165, 1.54) is 39.2 Å². The van der Waals surface area contributed by atoms with Gasteiger partial charge in [-0.2, -0.15) is 0 Å². The number of benzene rings is 1. The van der Waals surface area contributed by atoms with Crippen LogP contribution in [0.25, 0.3) is 0 Å². The van der Waals surface area contributed by atoms with Crippen LogP contribution in [0.3, 0.4) is 0 Å². The highest BCUT2D eigenvalue weighted by Gasteiger charge is 2.28. The first kappa shape index (κ1) is 25.1. The fraction of sp³-hybridized carbons (Fsp3) is 0.476. The van der Waals surface area contributed by atoms with Crippen LogP contribution >= 0.6 is 11.8 Å². The Bertz CT molecular complexity index is 1020. The fourth-order valence-electron chi connectivity index (χ4n) is 3.40. The molecule has 0 radical (unpaired) electrons. The Kier molecular flexibility index (Phi) is 8.57. The Labute approximate surface area is 201 Å². The molecule has 2 heterocycles. The molecule has 34 heavy (non-hydrogen) atoms. The minimum absolute atomic E-state index is 0.0247. The van der Waals surface area contributed by atoms with Gasteiger partial charge in [-0.15, -0.1) is 5.01 Å². The van der Waals surface area contributed by atoms with Crippen LogP contribution in [-0.4, -0.2) is 80.4 Å². The molecule has 0 aliphatic carbocycles. The third-order valence-electron chi connectivity index (χ3n) is 5.06. The summed E-state index contributed by atoms with van der Waals surface area (Å²) in [5.41, 5.74) is 0.756. The number of rotatable bonds is 9. The monoisotopic (exact) mass is 493 g/mol. The highest BCUT2D eigenvalue weighted by Crippen LogP contribution is 2.38. The maximum absolute atomic E-state index is 12.9. The summed E-state index contributed by atoms with van der Waals surface area (Å²) < 4.78 is 21.1. The van der Waals surface area contributed by atoms with Gasteiger partial charge in [0, 0.05) is 25.8 Å². The molecular weight excluding hydrogens is 466 g/mol. The molecule has 0 unspecified atom stereocenters. The second-order valence-electron chi connectivity index (χ2n) is 7.29. The van der Waals surface area contributed by atoms with Gasteiger partial charge in [0.2, 0.25) is 16.9 Å². The zero-order valence-corrected chi connectivity index (χ0v) is 20.3. The van der Waals surface area contributed by atoms with Crippen molar-refractivity contribution in [2.45, 2.75) is 13.3 Å². The Morgan fingerprint density at radius 2 is 1.79 bits per heavy atom. The highest BCUT2D eigenvalue weighted by atomic mass is 32.2. The first-order chi connectivity index (χ1) is 16.3. The Morgan fingerprint density at radius 3 is 2.35 bits per heavy atom. The average molecular weight is 494 g/mol. The molecule has 1 fully saturated rings. The van der Waals surface area contributed by atoms with E-state index >= 15 is 0 Å². The van der Waals surface area contributed by atoms with Gasteiger partial charge in [-0.25, -0.2) is 4.99 Å². The molecule has 0 saturated carbocycles. The van der Waals surface area contributed by atoms with Crippen LogP contribution in [0.5, 0.6) is 17.2 Å². The van der Waals surface area contributed by atoms with Crippen molar-refractivity contribution in [2.75, 3.05) is 58.3 Å².